The van der Waals surface area contributed by atoms with E-state index in [-0.39, 0.29) is 19.3 Å². The molecule has 1 saturated carbocycles. The zero-order valence-corrected chi connectivity index (χ0v) is 12.1. The van der Waals surface area contributed by atoms with Gasteiger partial charge >= 0.3 is 18.0 Å². The molecule has 0 aromatic heterocycles. The van der Waals surface area contributed by atoms with Crippen molar-refractivity contribution in [2.75, 3.05) is 6.54 Å². The summed E-state index contributed by atoms with van der Waals surface area (Å²) in [5.41, 5.74) is 0. The van der Waals surface area contributed by atoms with Crippen LogP contribution in [0.2, 0.25) is 0 Å². The second kappa shape index (κ2) is 9.20. The Balaban J connectivity index is 2.21. The number of carbonyl (C=O) groups is 3. The Morgan fingerprint density at radius 2 is 1.81 bits per heavy atom. The summed E-state index contributed by atoms with van der Waals surface area (Å²) in [6.45, 7) is 0.540. The van der Waals surface area contributed by atoms with Crippen LogP contribution in [0.5, 0.6) is 0 Å². The minimum Gasteiger partial charge on any atom is -0.481 e. The molecule has 0 aliphatic heterocycles. The molecule has 4 N–H and O–H groups in total. The predicted octanol–water partition coefficient (Wildman–Crippen LogP) is 1.57. The van der Waals surface area contributed by atoms with Crippen LogP contribution in [0, 0.1) is 5.92 Å². The van der Waals surface area contributed by atoms with Crippen molar-refractivity contribution in [1.82, 2.24) is 10.6 Å². The Morgan fingerprint density at radius 3 is 2.38 bits per heavy atom. The number of carbonyl (C=O) groups excluding carboxylic acids is 1. The Kier molecular flexibility index (Phi) is 7.56. The third kappa shape index (κ3) is 7.53. The third-order valence-electron chi connectivity index (χ3n) is 3.80. The van der Waals surface area contributed by atoms with E-state index in [2.05, 4.69) is 10.6 Å². The summed E-state index contributed by atoms with van der Waals surface area (Å²) in [4.78, 5) is 33.0. The molecule has 1 aliphatic rings. The van der Waals surface area contributed by atoms with E-state index in [9.17, 15) is 14.4 Å². The summed E-state index contributed by atoms with van der Waals surface area (Å²) in [5.74, 6) is -1.46. The van der Waals surface area contributed by atoms with Gasteiger partial charge in [-0.15, -0.1) is 0 Å². The van der Waals surface area contributed by atoms with Crippen LogP contribution in [0.1, 0.15) is 51.4 Å². The van der Waals surface area contributed by atoms with Gasteiger partial charge < -0.3 is 20.8 Å². The zero-order valence-electron chi connectivity index (χ0n) is 12.1. The van der Waals surface area contributed by atoms with Crippen LogP contribution in [0.3, 0.4) is 0 Å². The van der Waals surface area contributed by atoms with Crippen molar-refractivity contribution in [1.29, 1.82) is 0 Å². The van der Waals surface area contributed by atoms with Gasteiger partial charge in [-0.2, -0.15) is 0 Å². The van der Waals surface area contributed by atoms with Crippen LogP contribution in [-0.2, 0) is 9.59 Å². The number of aliphatic carboxylic acids is 2. The van der Waals surface area contributed by atoms with E-state index in [4.69, 9.17) is 10.2 Å². The standard InChI is InChI=1S/C14H24N2O5/c17-12(18)7-3-6-11(13(19)20)16-14(21)15-9-8-10-4-1-2-5-10/h10-11H,1-9H2,(H,17,18)(H,19,20)(H2,15,16,21)/t11-/m1/s1. The Bertz CT molecular complexity index is 366. The van der Waals surface area contributed by atoms with E-state index in [1.165, 1.54) is 25.7 Å². The van der Waals surface area contributed by atoms with Crippen LogP contribution in [-0.4, -0.2) is 40.8 Å². The first-order valence-electron chi connectivity index (χ1n) is 7.48. The number of amides is 2. The van der Waals surface area contributed by atoms with E-state index in [1.807, 2.05) is 0 Å². The fourth-order valence-corrected chi connectivity index (χ4v) is 2.61. The normalized spacial score (nSPS) is 16.4. The van der Waals surface area contributed by atoms with Gasteiger partial charge in [0, 0.05) is 13.0 Å². The molecule has 0 aromatic carbocycles. The highest BCUT2D eigenvalue weighted by atomic mass is 16.4. The Morgan fingerprint density at radius 1 is 1.14 bits per heavy atom. The largest absolute Gasteiger partial charge is 0.481 e. The lowest BCUT2D eigenvalue weighted by molar-refractivity contribution is -0.140. The molecular weight excluding hydrogens is 276 g/mol. The fraction of sp³-hybridized carbons (Fsp3) is 0.786. The molecule has 0 spiro atoms. The molecule has 1 fully saturated rings. The maximum absolute atomic E-state index is 11.6. The van der Waals surface area contributed by atoms with Crippen molar-refractivity contribution >= 4 is 18.0 Å². The molecule has 0 bridgehead atoms. The van der Waals surface area contributed by atoms with Crippen LogP contribution in [0.4, 0.5) is 4.79 Å². The lowest BCUT2D eigenvalue weighted by Gasteiger charge is -2.15. The lowest BCUT2D eigenvalue weighted by Crippen LogP contribution is -2.46. The minimum atomic E-state index is -1.15. The van der Waals surface area contributed by atoms with Crippen molar-refractivity contribution < 1.29 is 24.6 Å². The van der Waals surface area contributed by atoms with Gasteiger partial charge in [-0.25, -0.2) is 9.59 Å². The quantitative estimate of drug-likeness (QED) is 0.516. The SMILES string of the molecule is O=C(O)CCC[C@@H](NC(=O)NCCC1CCCC1)C(=O)O. The molecule has 0 unspecified atom stereocenters. The summed E-state index contributed by atoms with van der Waals surface area (Å²) >= 11 is 0. The van der Waals surface area contributed by atoms with Gasteiger partial charge in [-0.05, 0) is 25.2 Å². The topological polar surface area (TPSA) is 116 Å². The number of carboxylic acids is 2. The van der Waals surface area contributed by atoms with E-state index in [1.54, 1.807) is 0 Å². The van der Waals surface area contributed by atoms with Gasteiger partial charge in [0.1, 0.15) is 6.04 Å². The van der Waals surface area contributed by atoms with Gasteiger partial charge in [0.15, 0.2) is 0 Å². The first kappa shape index (κ1) is 17.3. The summed E-state index contributed by atoms with van der Waals surface area (Å²) in [7, 11) is 0. The van der Waals surface area contributed by atoms with Crippen molar-refractivity contribution in [2.24, 2.45) is 5.92 Å². The summed E-state index contributed by atoms with van der Waals surface area (Å²) < 4.78 is 0. The van der Waals surface area contributed by atoms with Gasteiger partial charge in [-0.1, -0.05) is 25.7 Å². The molecule has 2 amide bonds. The van der Waals surface area contributed by atoms with E-state index >= 15 is 0 Å². The molecule has 7 nitrogen and oxygen atoms in total. The first-order valence-corrected chi connectivity index (χ1v) is 7.48. The maximum Gasteiger partial charge on any atom is 0.326 e. The van der Waals surface area contributed by atoms with Gasteiger partial charge in [0.05, 0.1) is 0 Å². The molecule has 0 saturated heterocycles. The molecule has 0 aromatic rings. The van der Waals surface area contributed by atoms with Crippen LogP contribution in [0.25, 0.3) is 0 Å². The molecule has 1 rings (SSSR count). The smallest absolute Gasteiger partial charge is 0.326 e. The monoisotopic (exact) mass is 300 g/mol. The second-order valence-electron chi connectivity index (χ2n) is 5.52. The summed E-state index contributed by atoms with van der Waals surface area (Å²) in [6.07, 6.45) is 6.06. The lowest BCUT2D eigenvalue weighted by atomic mass is 10.0. The number of carboxylic acid groups (broad SMARTS) is 2. The van der Waals surface area contributed by atoms with E-state index in [0.29, 0.717) is 12.5 Å². The third-order valence-corrected chi connectivity index (χ3v) is 3.80. The van der Waals surface area contributed by atoms with E-state index < -0.39 is 24.0 Å². The van der Waals surface area contributed by atoms with E-state index in [0.717, 1.165) is 6.42 Å². The molecule has 1 aliphatic carbocycles. The van der Waals surface area contributed by atoms with Crippen molar-refractivity contribution in [3.8, 4) is 0 Å². The average Bonchev–Trinajstić information content (AvgIpc) is 2.90. The Labute approximate surface area is 124 Å². The highest BCUT2D eigenvalue weighted by Gasteiger charge is 2.20. The molecule has 1 atom stereocenters. The Hall–Kier alpha value is -1.79. The molecule has 120 valence electrons. The second-order valence-corrected chi connectivity index (χ2v) is 5.52. The zero-order chi connectivity index (χ0) is 15.7. The highest BCUT2D eigenvalue weighted by Crippen LogP contribution is 2.26. The number of rotatable bonds is 9. The summed E-state index contributed by atoms with van der Waals surface area (Å²) in [6, 6.07) is -1.55. The predicted molar refractivity (Wildman–Crippen MR) is 76.0 cm³/mol. The van der Waals surface area contributed by atoms with Crippen LogP contribution < -0.4 is 10.6 Å². The summed E-state index contributed by atoms with van der Waals surface area (Å²) in [5, 5.41) is 22.6. The van der Waals surface area contributed by atoms with Gasteiger partial charge in [0.2, 0.25) is 0 Å². The minimum absolute atomic E-state index is 0.102. The molecule has 0 heterocycles. The van der Waals surface area contributed by atoms with Crippen molar-refractivity contribution in [3.63, 3.8) is 0 Å². The fourth-order valence-electron chi connectivity index (χ4n) is 2.61. The first-order chi connectivity index (χ1) is 9.99. The maximum atomic E-state index is 11.6. The number of nitrogens with one attached hydrogen (secondary N) is 2. The van der Waals surface area contributed by atoms with Gasteiger partial charge in [0.25, 0.3) is 0 Å². The highest BCUT2D eigenvalue weighted by molar-refractivity contribution is 5.82. The van der Waals surface area contributed by atoms with Crippen LogP contribution in [0.15, 0.2) is 0 Å². The number of hydrogen-bond acceptors (Lipinski definition) is 3. The molecule has 7 heteroatoms. The molecule has 0 radical (unpaired) electrons. The molecule has 21 heavy (non-hydrogen) atoms. The number of hydrogen-bond donors (Lipinski definition) is 4. The van der Waals surface area contributed by atoms with Crippen LogP contribution >= 0.6 is 0 Å². The molecular formula is C14H24N2O5. The average molecular weight is 300 g/mol. The number of urea groups is 1. The van der Waals surface area contributed by atoms with Crippen molar-refractivity contribution in [3.05, 3.63) is 0 Å². The van der Waals surface area contributed by atoms with Gasteiger partial charge in [-0.3, -0.25) is 4.79 Å². The van der Waals surface area contributed by atoms with Crippen molar-refractivity contribution in [2.45, 2.75) is 57.4 Å².